The molecule has 0 aromatic rings. The molecule has 0 unspecified atom stereocenters. The van der Waals surface area contributed by atoms with Crippen molar-refractivity contribution in [2.75, 3.05) is 19.6 Å². The summed E-state index contributed by atoms with van der Waals surface area (Å²) in [6.45, 7) is 6.21. The molecule has 0 amide bonds. The Kier molecular flexibility index (Phi) is 2.28. The average molecular weight is 161 g/mol. The number of hydrogen-bond donors (Lipinski definition) is 0. The first kappa shape index (κ1) is 8.65. The van der Waals surface area contributed by atoms with Gasteiger partial charge in [0.15, 0.2) is 0 Å². The summed E-state index contributed by atoms with van der Waals surface area (Å²) in [5.41, 5.74) is 1.06. The lowest BCUT2D eigenvalue weighted by Gasteiger charge is -2.38. The Morgan fingerprint density at radius 2 is 2.09 bits per heavy atom. The lowest BCUT2D eigenvalue weighted by Crippen LogP contribution is -2.56. The third kappa shape index (κ3) is 2.58. The Labute approximate surface area is 65.7 Å². The molecule has 0 spiro atoms. The van der Waals surface area contributed by atoms with Crippen LogP contribution in [0.1, 0.15) is 13.3 Å². The summed E-state index contributed by atoms with van der Waals surface area (Å²) in [4.78, 5) is 1.74. The molecule has 0 N–H and O–H groups in total. The molecular formula is C8H13F2N. The van der Waals surface area contributed by atoms with Gasteiger partial charge >= 0.3 is 0 Å². The van der Waals surface area contributed by atoms with Crippen molar-refractivity contribution in [2.24, 2.45) is 0 Å². The molecule has 0 aromatic carbocycles. The molecule has 11 heavy (non-hydrogen) atoms. The maximum atomic E-state index is 12.2. The molecule has 1 saturated heterocycles. The number of likely N-dealkylation sites (tertiary alicyclic amines) is 1. The number of alkyl halides is 2. The molecule has 0 aliphatic carbocycles. The maximum Gasteiger partial charge on any atom is 0.272 e. The quantitative estimate of drug-likeness (QED) is 0.571. The van der Waals surface area contributed by atoms with Crippen molar-refractivity contribution in [2.45, 2.75) is 19.3 Å². The van der Waals surface area contributed by atoms with Gasteiger partial charge in [-0.1, -0.05) is 5.57 Å². The molecule has 1 aliphatic rings. The van der Waals surface area contributed by atoms with E-state index >= 15 is 0 Å². The van der Waals surface area contributed by atoms with Crippen molar-refractivity contribution in [1.82, 2.24) is 4.90 Å². The number of nitrogens with zero attached hydrogens (tertiary/aromatic N) is 1. The first-order valence-corrected chi connectivity index (χ1v) is 3.74. The summed E-state index contributed by atoms with van der Waals surface area (Å²) in [6.07, 6.45) is 0.829. The molecule has 0 atom stereocenters. The molecule has 1 aliphatic heterocycles. The van der Waals surface area contributed by atoms with Crippen LogP contribution in [0.25, 0.3) is 0 Å². The monoisotopic (exact) mass is 161 g/mol. The summed E-state index contributed by atoms with van der Waals surface area (Å²) in [5.74, 6) is -2.42. The van der Waals surface area contributed by atoms with Crippen LogP contribution in [0.4, 0.5) is 8.78 Å². The van der Waals surface area contributed by atoms with E-state index < -0.39 is 5.92 Å². The van der Waals surface area contributed by atoms with Crippen molar-refractivity contribution in [1.29, 1.82) is 0 Å². The van der Waals surface area contributed by atoms with Gasteiger partial charge in [-0.25, -0.2) is 8.78 Å². The van der Waals surface area contributed by atoms with Gasteiger partial charge in [0, 0.05) is 6.54 Å². The van der Waals surface area contributed by atoms with Crippen molar-refractivity contribution < 1.29 is 8.78 Å². The molecular weight excluding hydrogens is 148 g/mol. The largest absolute Gasteiger partial charge is 0.291 e. The summed E-state index contributed by atoms with van der Waals surface area (Å²) in [7, 11) is 0. The van der Waals surface area contributed by atoms with Gasteiger partial charge in [0.25, 0.3) is 5.92 Å². The fourth-order valence-corrected chi connectivity index (χ4v) is 1.12. The Bertz CT molecular complexity index is 157. The smallest absolute Gasteiger partial charge is 0.272 e. The minimum Gasteiger partial charge on any atom is -0.291 e. The van der Waals surface area contributed by atoms with Crippen molar-refractivity contribution in [3.63, 3.8) is 0 Å². The van der Waals surface area contributed by atoms with E-state index in [4.69, 9.17) is 0 Å². The lowest BCUT2D eigenvalue weighted by atomic mass is 10.1. The van der Waals surface area contributed by atoms with Gasteiger partial charge in [0.05, 0.1) is 13.1 Å². The van der Waals surface area contributed by atoms with Gasteiger partial charge in [-0.2, -0.15) is 0 Å². The summed E-state index contributed by atoms with van der Waals surface area (Å²) in [5, 5.41) is 0. The second-order valence-electron chi connectivity index (χ2n) is 3.27. The molecule has 64 valence electrons. The van der Waals surface area contributed by atoms with E-state index in [2.05, 4.69) is 6.58 Å². The Morgan fingerprint density at radius 1 is 1.55 bits per heavy atom. The van der Waals surface area contributed by atoms with E-state index in [1.807, 2.05) is 6.92 Å². The Balaban J connectivity index is 2.09. The zero-order chi connectivity index (χ0) is 8.48. The summed E-state index contributed by atoms with van der Waals surface area (Å²) < 4.78 is 24.5. The number of hydrogen-bond acceptors (Lipinski definition) is 1. The highest BCUT2D eigenvalue weighted by Crippen LogP contribution is 2.26. The highest BCUT2D eigenvalue weighted by atomic mass is 19.3. The van der Waals surface area contributed by atoms with Gasteiger partial charge < -0.3 is 0 Å². The van der Waals surface area contributed by atoms with E-state index in [0.717, 1.165) is 18.5 Å². The fourth-order valence-electron chi connectivity index (χ4n) is 1.12. The van der Waals surface area contributed by atoms with Crippen LogP contribution in [-0.2, 0) is 0 Å². The standard InChI is InChI=1S/C8H13F2N/c1-7(2)3-4-11-5-8(9,10)6-11/h1,3-6H2,2H3. The maximum absolute atomic E-state index is 12.2. The van der Waals surface area contributed by atoms with Crippen LogP contribution in [0.3, 0.4) is 0 Å². The fraction of sp³-hybridized carbons (Fsp3) is 0.750. The minimum absolute atomic E-state index is 0.0692. The van der Waals surface area contributed by atoms with Crippen molar-refractivity contribution >= 4 is 0 Å². The molecule has 3 heteroatoms. The van der Waals surface area contributed by atoms with Gasteiger partial charge in [-0.15, -0.1) is 6.58 Å². The Morgan fingerprint density at radius 3 is 2.45 bits per heavy atom. The van der Waals surface area contributed by atoms with Crippen LogP contribution in [0, 0.1) is 0 Å². The molecule has 1 nitrogen and oxygen atoms in total. The predicted molar refractivity (Wildman–Crippen MR) is 40.8 cm³/mol. The van der Waals surface area contributed by atoms with Crippen LogP contribution in [0.5, 0.6) is 0 Å². The van der Waals surface area contributed by atoms with E-state index in [-0.39, 0.29) is 13.1 Å². The second-order valence-corrected chi connectivity index (χ2v) is 3.27. The molecule has 1 rings (SSSR count). The third-order valence-electron chi connectivity index (χ3n) is 1.76. The van der Waals surface area contributed by atoms with Crippen LogP contribution in [-0.4, -0.2) is 30.5 Å². The van der Waals surface area contributed by atoms with Crippen LogP contribution in [0.15, 0.2) is 12.2 Å². The van der Waals surface area contributed by atoms with Crippen LogP contribution >= 0.6 is 0 Å². The zero-order valence-corrected chi connectivity index (χ0v) is 6.74. The second kappa shape index (κ2) is 2.89. The predicted octanol–water partition coefficient (Wildman–Crippen LogP) is 1.90. The van der Waals surface area contributed by atoms with Crippen LogP contribution < -0.4 is 0 Å². The molecule has 0 bridgehead atoms. The Hall–Kier alpha value is -0.440. The van der Waals surface area contributed by atoms with Crippen LogP contribution in [0.2, 0.25) is 0 Å². The van der Waals surface area contributed by atoms with E-state index in [9.17, 15) is 8.78 Å². The number of halogens is 2. The van der Waals surface area contributed by atoms with Gasteiger partial charge in [0.1, 0.15) is 0 Å². The van der Waals surface area contributed by atoms with Gasteiger partial charge in [-0.3, -0.25) is 4.90 Å². The SMILES string of the molecule is C=C(C)CCN1CC(F)(F)C1. The third-order valence-corrected chi connectivity index (χ3v) is 1.76. The first-order chi connectivity index (χ1) is 4.99. The average Bonchev–Trinajstić information content (AvgIpc) is 1.78. The minimum atomic E-state index is -2.42. The molecule has 1 fully saturated rings. The normalized spacial score (nSPS) is 22.8. The lowest BCUT2D eigenvalue weighted by molar-refractivity contribution is -0.129. The summed E-state index contributed by atoms with van der Waals surface area (Å²) in [6, 6.07) is 0. The van der Waals surface area contributed by atoms with Crippen molar-refractivity contribution in [3.8, 4) is 0 Å². The first-order valence-electron chi connectivity index (χ1n) is 3.74. The van der Waals surface area contributed by atoms with E-state index in [1.54, 1.807) is 4.90 Å². The van der Waals surface area contributed by atoms with E-state index in [1.165, 1.54) is 0 Å². The summed E-state index contributed by atoms with van der Waals surface area (Å²) >= 11 is 0. The van der Waals surface area contributed by atoms with Gasteiger partial charge in [0.2, 0.25) is 0 Å². The molecule has 0 radical (unpaired) electrons. The molecule has 0 saturated carbocycles. The topological polar surface area (TPSA) is 3.24 Å². The van der Waals surface area contributed by atoms with Gasteiger partial charge in [-0.05, 0) is 13.3 Å². The van der Waals surface area contributed by atoms with E-state index in [0.29, 0.717) is 0 Å². The zero-order valence-electron chi connectivity index (χ0n) is 6.74. The van der Waals surface area contributed by atoms with Crippen molar-refractivity contribution in [3.05, 3.63) is 12.2 Å². The highest BCUT2D eigenvalue weighted by Gasteiger charge is 2.42. The highest BCUT2D eigenvalue weighted by molar-refractivity contribution is 4.93. The number of rotatable bonds is 3. The molecule has 0 aromatic heterocycles. The molecule has 1 heterocycles.